The van der Waals surface area contributed by atoms with Crippen LogP contribution < -0.4 is 15.5 Å². The molecule has 2 aliphatic rings. The number of hydrogen-bond acceptors (Lipinski definition) is 5. The van der Waals surface area contributed by atoms with E-state index in [2.05, 4.69) is 88.8 Å². The molecule has 0 amide bonds. The van der Waals surface area contributed by atoms with Gasteiger partial charge in [0.25, 0.3) is 0 Å². The molecule has 0 fully saturated rings. The summed E-state index contributed by atoms with van der Waals surface area (Å²) in [7, 11) is 0.632. The van der Waals surface area contributed by atoms with Gasteiger partial charge < -0.3 is 4.90 Å². The monoisotopic (exact) mass is 539 g/mol. The predicted molar refractivity (Wildman–Crippen MR) is 160 cm³/mol. The highest BCUT2D eigenvalue weighted by atomic mass is 32.2. The molecule has 1 aliphatic heterocycles. The summed E-state index contributed by atoms with van der Waals surface area (Å²) in [6.45, 7) is 11.7. The molecule has 0 N–H and O–H groups in total. The second-order valence-corrected chi connectivity index (χ2v) is 14.0. The van der Waals surface area contributed by atoms with Crippen LogP contribution in [0.3, 0.4) is 0 Å². The van der Waals surface area contributed by atoms with Crippen LogP contribution in [0.15, 0.2) is 41.4 Å². The Balaban J connectivity index is 1.85. The van der Waals surface area contributed by atoms with Crippen LogP contribution in [0.4, 0.5) is 5.69 Å². The van der Waals surface area contributed by atoms with Gasteiger partial charge in [-0.15, -0.1) is 0 Å². The van der Waals surface area contributed by atoms with Crippen LogP contribution in [0, 0.1) is 0 Å². The van der Waals surface area contributed by atoms with E-state index in [9.17, 15) is 8.42 Å². The number of anilines is 1. The Hall–Kier alpha value is -2.09. The Labute approximate surface area is 228 Å². The molecule has 5 nitrogen and oxygen atoms in total. The van der Waals surface area contributed by atoms with E-state index in [1.54, 1.807) is 4.31 Å². The van der Waals surface area contributed by atoms with Crippen LogP contribution in [-0.4, -0.2) is 57.0 Å². The first kappa shape index (κ1) is 27.9. The van der Waals surface area contributed by atoms with Crippen molar-refractivity contribution in [2.45, 2.75) is 58.4 Å². The topological polar surface area (TPSA) is 53.0 Å². The molecule has 0 saturated heterocycles. The van der Waals surface area contributed by atoms with Crippen LogP contribution in [0.25, 0.3) is 11.6 Å². The zero-order chi connectivity index (χ0) is 27.2. The lowest BCUT2D eigenvalue weighted by Gasteiger charge is -2.34. The van der Waals surface area contributed by atoms with Crippen molar-refractivity contribution in [3.63, 3.8) is 0 Å². The predicted octanol–water partition coefficient (Wildman–Crippen LogP) is 4.38. The van der Waals surface area contributed by atoms with Crippen LogP contribution >= 0.6 is 12.6 Å². The number of benzene rings is 2. The van der Waals surface area contributed by atoms with Gasteiger partial charge in [0.1, 0.15) is 0 Å². The Morgan fingerprint density at radius 1 is 1.00 bits per heavy atom. The fraction of sp³-hybridized carbons (Fsp3) is 0.500. The summed E-state index contributed by atoms with van der Waals surface area (Å²) in [4.78, 5) is 7.18. The summed E-state index contributed by atoms with van der Waals surface area (Å²) in [5, 5.41) is 2.00. The van der Waals surface area contributed by atoms with Gasteiger partial charge in [-0.05, 0) is 78.1 Å². The van der Waals surface area contributed by atoms with Gasteiger partial charge in [-0.1, -0.05) is 39.3 Å². The van der Waals surface area contributed by atoms with Gasteiger partial charge in [-0.2, -0.15) is 12.6 Å². The number of nitrogens with zero attached hydrogens (tertiary/aromatic N) is 3. The molecule has 1 heterocycles. The number of unbranched alkanes of at least 4 members (excludes halogenated alkanes) is 1. The SMILES string of the molecule is CCCCN(CCS)S(=O)(=O)CC1=CC(C)(C)N=c2cc3c(cc21)=Cc1ccc(N(C)C)cc1C3(C)C. The summed E-state index contributed by atoms with van der Waals surface area (Å²) < 4.78 is 28.7. The van der Waals surface area contributed by atoms with Crippen LogP contribution in [0.5, 0.6) is 0 Å². The van der Waals surface area contributed by atoms with Crippen molar-refractivity contribution in [3.05, 3.63) is 69.2 Å². The van der Waals surface area contributed by atoms with Gasteiger partial charge in [0, 0.05) is 49.6 Å². The van der Waals surface area contributed by atoms with Crippen molar-refractivity contribution in [1.29, 1.82) is 0 Å². The second kappa shape index (κ2) is 10.2. The van der Waals surface area contributed by atoms with Crippen LogP contribution in [-0.2, 0) is 15.4 Å². The number of sulfonamides is 1. The Kier molecular flexibility index (Phi) is 7.72. The minimum absolute atomic E-state index is 0.0264. The Morgan fingerprint density at radius 2 is 1.73 bits per heavy atom. The van der Waals surface area contributed by atoms with E-state index < -0.39 is 15.6 Å². The maximum absolute atomic E-state index is 13.6. The van der Waals surface area contributed by atoms with Gasteiger partial charge in [0.2, 0.25) is 10.0 Å². The van der Waals surface area contributed by atoms with Gasteiger partial charge in [-0.3, -0.25) is 4.99 Å². The zero-order valence-corrected chi connectivity index (χ0v) is 25.0. The zero-order valence-electron chi connectivity index (χ0n) is 23.3. The molecule has 37 heavy (non-hydrogen) atoms. The average molecular weight is 540 g/mol. The fourth-order valence-electron chi connectivity index (χ4n) is 5.51. The quantitative estimate of drug-likeness (QED) is 0.482. The molecular weight excluding hydrogens is 498 g/mol. The van der Waals surface area contributed by atoms with Gasteiger partial charge >= 0.3 is 0 Å². The third kappa shape index (κ3) is 5.55. The van der Waals surface area contributed by atoms with E-state index >= 15 is 0 Å². The summed E-state index contributed by atoms with van der Waals surface area (Å²) in [5.41, 5.74) is 5.95. The normalized spacial score (nSPS) is 17.2. The Bertz CT molecular complexity index is 1450. The molecule has 0 aromatic heterocycles. The number of rotatable bonds is 9. The molecular formula is C30H41N3O2S2. The molecule has 0 atom stereocenters. The van der Waals surface area contributed by atoms with Crippen molar-refractivity contribution < 1.29 is 8.42 Å². The van der Waals surface area contributed by atoms with Gasteiger partial charge in [-0.25, -0.2) is 12.7 Å². The van der Waals surface area contributed by atoms with E-state index in [-0.39, 0.29) is 11.2 Å². The van der Waals surface area contributed by atoms with Crippen LogP contribution in [0.2, 0.25) is 0 Å². The highest BCUT2D eigenvalue weighted by molar-refractivity contribution is 7.89. The molecule has 2 aromatic rings. The molecule has 2 aromatic carbocycles. The minimum atomic E-state index is -3.50. The van der Waals surface area contributed by atoms with Gasteiger partial charge in [0.15, 0.2) is 0 Å². The largest absolute Gasteiger partial charge is 0.378 e. The molecule has 4 rings (SSSR count). The standard InChI is InChI=1S/C30H41N3O2S2/c1-8-9-12-33(13-14-36)37(34,35)20-23-19-29(2,3)31-28-18-27-22(16-25(23)28)15-21-10-11-24(32(6)7)17-26(21)30(27,4)5/h10-11,15-19,36H,8-9,12-14,20H2,1-7H3. The first-order valence-corrected chi connectivity index (χ1v) is 15.4. The Morgan fingerprint density at radius 3 is 2.38 bits per heavy atom. The first-order chi connectivity index (χ1) is 17.3. The molecule has 0 radical (unpaired) electrons. The molecule has 0 bridgehead atoms. The summed E-state index contributed by atoms with van der Waals surface area (Å²) in [6.07, 6.45) is 6.06. The number of thiol groups is 1. The lowest BCUT2D eigenvalue weighted by molar-refractivity contribution is 0.423. The van der Waals surface area contributed by atoms with E-state index in [0.717, 1.165) is 34.6 Å². The number of fused-ring (bicyclic) bond motifs is 3. The maximum Gasteiger partial charge on any atom is 0.218 e. The lowest BCUT2D eigenvalue weighted by atomic mass is 9.71. The third-order valence-electron chi connectivity index (χ3n) is 7.50. The van der Waals surface area contributed by atoms with E-state index in [1.165, 1.54) is 22.4 Å². The maximum atomic E-state index is 13.6. The number of hydrogen-bond donors (Lipinski definition) is 1. The van der Waals surface area contributed by atoms with E-state index in [1.807, 2.05) is 19.9 Å². The fourth-order valence-corrected chi connectivity index (χ4v) is 7.48. The van der Waals surface area contributed by atoms with E-state index in [4.69, 9.17) is 4.99 Å². The summed E-state index contributed by atoms with van der Waals surface area (Å²) in [6, 6.07) is 11.0. The minimum Gasteiger partial charge on any atom is -0.378 e. The average Bonchev–Trinajstić information content (AvgIpc) is 2.80. The van der Waals surface area contributed by atoms with Crippen molar-refractivity contribution in [1.82, 2.24) is 4.31 Å². The van der Waals surface area contributed by atoms with Crippen LogP contribution in [0.1, 0.15) is 69.7 Å². The molecule has 7 heteroatoms. The highest BCUT2D eigenvalue weighted by Crippen LogP contribution is 2.37. The molecule has 1 aliphatic carbocycles. The van der Waals surface area contributed by atoms with Crippen molar-refractivity contribution >= 4 is 40.0 Å². The molecule has 0 spiro atoms. The summed E-state index contributed by atoms with van der Waals surface area (Å²) >= 11 is 4.32. The second-order valence-electron chi connectivity index (χ2n) is 11.6. The lowest BCUT2D eigenvalue weighted by Crippen LogP contribution is -2.39. The smallest absolute Gasteiger partial charge is 0.218 e. The van der Waals surface area contributed by atoms with Crippen molar-refractivity contribution in [2.75, 3.05) is 43.6 Å². The van der Waals surface area contributed by atoms with E-state index in [0.29, 0.717) is 18.8 Å². The highest BCUT2D eigenvalue weighted by Gasteiger charge is 2.33. The first-order valence-electron chi connectivity index (χ1n) is 13.2. The molecule has 0 unspecified atom stereocenters. The van der Waals surface area contributed by atoms with Crippen molar-refractivity contribution in [3.8, 4) is 0 Å². The van der Waals surface area contributed by atoms with Gasteiger partial charge in [0.05, 0.1) is 16.6 Å². The third-order valence-corrected chi connectivity index (χ3v) is 9.53. The molecule has 200 valence electrons. The summed E-state index contributed by atoms with van der Waals surface area (Å²) in [5.74, 6) is 0.479. The molecule has 0 saturated carbocycles. The van der Waals surface area contributed by atoms with Crippen molar-refractivity contribution in [2.24, 2.45) is 4.99 Å².